The molecule has 1 aromatic heterocycles. The highest BCUT2D eigenvalue weighted by atomic mass is 16.3. The zero-order valence-corrected chi connectivity index (χ0v) is 9.11. The highest BCUT2D eigenvalue weighted by molar-refractivity contribution is 5.25. The van der Waals surface area contributed by atoms with Gasteiger partial charge in [-0.3, -0.25) is 4.98 Å². The summed E-state index contributed by atoms with van der Waals surface area (Å²) in [6, 6.07) is 1.89. The van der Waals surface area contributed by atoms with Gasteiger partial charge in [0.15, 0.2) is 0 Å². The van der Waals surface area contributed by atoms with E-state index < -0.39 is 6.10 Å². The third kappa shape index (κ3) is 3.38. The zero-order chi connectivity index (χ0) is 11.1. The van der Waals surface area contributed by atoms with Crippen LogP contribution in [0.5, 0.6) is 0 Å². The van der Waals surface area contributed by atoms with E-state index in [4.69, 9.17) is 6.42 Å². The van der Waals surface area contributed by atoms with Crippen molar-refractivity contribution in [2.45, 2.75) is 38.7 Å². The van der Waals surface area contributed by atoms with Gasteiger partial charge in [-0.05, 0) is 36.5 Å². The fraction of sp³-hybridized carbons (Fsp3) is 0.462. The van der Waals surface area contributed by atoms with Crippen molar-refractivity contribution in [1.29, 1.82) is 0 Å². The summed E-state index contributed by atoms with van der Waals surface area (Å²) in [6.45, 7) is 2.06. The maximum atomic E-state index is 9.96. The van der Waals surface area contributed by atoms with Crippen LogP contribution in [0, 0.1) is 12.3 Å². The van der Waals surface area contributed by atoms with Gasteiger partial charge in [-0.25, -0.2) is 0 Å². The largest absolute Gasteiger partial charge is 0.388 e. The molecule has 1 atom stereocenters. The minimum atomic E-state index is -0.406. The molecule has 0 saturated carbocycles. The minimum Gasteiger partial charge on any atom is -0.388 e. The number of aliphatic hydroxyl groups is 1. The van der Waals surface area contributed by atoms with Gasteiger partial charge in [0.2, 0.25) is 0 Å². The Morgan fingerprint density at radius 2 is 2.40 bits per heavy atom. The first-order valence-corrected chi connectivity index (χ1v) is 5.34. The van der Waals surface area contributed by atoms with Gasteiger partial charge in [0, 0.05) is 18.8 Å². The van der Waals surface area contributed by atoms with E-state index >= 15 is 0 Å². The molecule has 2 heteroatoms. The fourth-order valence-electron chi connectivity index (χ4n) is 1.61. The summed E-state index contributed by atoms with van der Waals surface area (Å²) in [4.78, 5) is 4.05. The number of aromatic nitrogens is 1. The van der Waals surface area contributed by atoms with E-state index in [0.29, 0.717) is 0 Å². The lowest BCUT2D eigenvalue weighted by atomic mass is 9.99. The first kappa shape index (κ1) is 11.7. The number of hydrogen-bond acceptors (Lipinski definition) is 2. The summed E-state index contributed by atoms with van der Waals surface area (Å²) in [5.74, 6) is 2.58. The number of terminal acetylenes is 1. The lowest BCUT2D eigenvalue weighted by molar-refractivity contribution is 0.164. The number of nitrogens with zero attached hydrogens (tertiary/aromatic N) is 1. The Labute approximate surface area is 91.4 Å². The van der Waals surface area contributed by atoms with Crippen molar-refractivity contribution >= 4 is 0 Å². The van der Waals surface area contributed by atoms with Crippen molar-refractivity contribution in [3.8, 4) is 12.3 Å². The Morgan fingerprint density at radius 1 is 1.60 bits per heavy atom. The SMILES string of the molecule is C#CCCCC(O)c1ccncc1CC. The summed E-state index contributed by atoms with van der Waals surface area (Å²) < 4.78 is 0. The highest BCUT2D eigenvalue weighted by Crippen LogP contribution is 2.22. The van der Waals surface area contributed by atoms with Gasteiger partial charge in [-0.15, -0.1) is 12.3 Å². The molecule has 0 aliphatic heterocycles. The van der Waals surface area contributed by atoms with Gasteiger partial charge in [0.1, 0.15) is 0 Å². The predicted molar refractivity (Wildman–Crippen MR) is 61.3 cm³/mol. The topological polar surface area (TPSA) is 33.1 Å². The van der Waals surface area contributed by atoms with Crippen LogP contribution in [0.25, 0.3) is 0 Å². The Hall–Kier alpha value is -1.33. The van der Waals surface area contributed by atoms with Crippen molar-refractivity contribution in [3.63, 3.8) is 0 Å². The van der Waals surface area contributed by atoms with Crippen LogP contribution in [-0.2, 0) is 6.42 Å². The number of unbranched alkanes of at least 4 members (excludes halogenated alkanes) is 1. The molecule has 0 aromatic carbocycles. The van der Waals surface area contributed by atoms with Gasteiger partial charge < -0.3 is 5.11 Å². The summed E-state index contributed by atoms with van der Waals surface area (Å²) in [6.07, 6.45) is 11.5. The van der Waals surface area contributed by atoms with Crippen LogP contribution in [0.2, 0.25) is 0 Å². The van der Waals surface area contributed by atoms with Crippen LogP contribution in [0.3, 0.4) is 0 Å². The monoisotopic (exact) mass is 203 g/mol. The molecule has 80 valence electrons. The van der Waals surface area contributed by atoms with Gasteiger partial charge in [0.25, 0.3) is 0 Å². The molecular weight excluding hydrogens is 186 g/mol. The molecule has 1 N–H and O–H groups in total. The van der Waals surface area contributed by atoms with E-state index in [1.54, 1.807) is 6.20 Å². The molecule has 0 radical (unpaired) electrons. The van der Waals surface area contributed by atoms with Gasteiger partial charge in [-0.1, -0.05) is 6.92 Å². The van der Waals surface area contributed by atoms with E-state index in [-0.39, 0.29) is 0 Å². The molecule has 0 amide bonds. The maximum absolute atomic E-state index is 9.96. The Kier molecular flexibility index (Phi) is 4.86. The number of aliphatic hydroxyl groups excluding tert-OH is 1. The number of hydrogen-bond donors (Lipinski definition) is 1. The van der Waals surface area contributed by atoms with Crippen LogP contribution in [0.15, 0.2) is 18.5 Å². The average molecular weight is 203 g/mol. The molecule has 0 saturated heterocycles. The Balaban J connectivity index is 2.64. The van der Waals surface area contributed by atoms with E-state index in [0.717, 1.165) is 36.8 Å². The standard InChI is InChI=1S/C13H17NO/c1-3-5-6-7-13(15)12-8-9-14-10-11(12)4-2/h1,8-10,13,15H,4-7H2,2H3. The summed E-state index contributed by atoms with van der Waals surface area (Å²) in [5.41, 5.74) is 2.11. The summed E-state index contributed by atoms with van der Waals surface area (Å²) >= 11 is 0. The summed E-state index contributed by atoms with van der Waals surface area (Å²) in [5, 5.41) is 9.96. The minimum absolute atomic E-state index is 0.406. The van der Waals surface area contributed by atoms with E-state index in [9.17, 15) is 5.11 Å². The highest BCUT2D eigenvalue weighted by Gasteiger charge is 2.10. The predicted octanol–water partition coefficient (Wildman–Crippen LogP) is 2.48. The van der Waals surface area contributed by atoms with Gasteiger partial charge in [0.05, 0.1) is 6.10 Å². The summed E-state index contributed by atoms with van der Waals surface area (Å²) in [7, 11) is 0. The Morgan fingerprint density at radius 3 is 3.07 bits per heavy atom. The molecule has 15 heavy (non-hydrogen) atoms. The van der Waals surface area contributed by atoms with Crippen LogP contribution in [-0.4, -0.2) is 10.1 Å². The number of aryl methyl sites for hydroxylation is 1. The first-order valence-electron chi connectivity index (χ1n) is 5.34. The average Bonchev–Trinajstić information content (AvgIpc) is 2.29. The third-order valence-electron chi connectivity index (χ3n) is 2.48. The molecule has 1 heterocycles. The molecule has 0 spiro atoms. The van der Waals surface area contributed by atoms with Crippen molar-refractivity contribution in [1.82, 2.24) is 4.98 Å². The Bertz CT molecular complexity index is 341. The molecule has 1 rings (SSSR count). The molecule has 0 fully saturated rings. The van der Waals surface area contributed by atoms with Crippen LogP contribution >= 0.6 is 0 Å². The third-order valence-corrected chi connectivity index (χ3v) is 2.48. The van der Waals surface area contributed by atoms with Crippen molar-refractivity contribution in [2.24, 2.45) is 0 Å². The molecule has 1 aromatic rings. The van der Waals surface area contributed by atoms with Crippen molar-refractivity contribution in [2.75, 3.05) is 0 Å². The van der Waals surface area contributed by atoms with Crippen molar-refractivity contribution < 1.29 is 5.11 Å². The van der Waals surface area contributed by atoms with Crippen LogP contribution < -0.4 is 0 Å². The quantitative estimate of drug-likeness (QED) is 0.589. The normalized spacial score (nSPS) is 12.1. The van der Waals surface area contributed by atoms with Crippen LogP contribution in [0.4, 0.5) is 0 Å². The molecule has 2 nitrogen and oxygen atoms in total. The van der Waals surface area contributed by atoms with Gasteiger partial charge in [-0.2, -0.15) is 0 Å². The smallest absolute Gasteiger partial charge is 0.0794 e. The second-order valence-corrected chi connectivity index (χ2v) is 3.54. The molecular formula is C13H17NO. The second-order valence-electron chi connectivity index (χ2n) is 3.54. The van der Waals surface area contributed by atoms with Crippen LogP contribution in [0.1, 0.15) is 43.4 Å². The zero-order valence-electron chi connectivity index (χ0n) is 9.11. The molecule has 0 aliphatic rings. The lowest BCUT2D eigenvalue weighted by Gasteiger charge is -2.13. The van der Waals surface area contributed by atoms with E-state index in [1.807, 2.05) is 12.3 Å². The second kappa shape index (κ2) is 6.21. The fourth-order valence-corrected chi connectivity index (χ4v) is 1.61. The number of rotatable bonds is 5. The maximum Gasteiger partial charge on any atom is 0.0794 e. The molecule has 0 bridgehead atoms. The van der Waals surface area contributed by atoms with Gasteiger partial charge >= 0.3 is 0 Å². The lowest BCUT2D eigenvalue weighted by Crippen LogP contribution is -2.02. The molecule has 1 unspecified atom stereocenters. The first-order chi connectivity index (χ1) is 7.29. The number of pyridine rings is 1. The van der Waals surface area contributed by atoms with Crippen molar-refractivity contribution in [3.05, 3.63) is 29.6 Å². The van der Waals surface area contributed by atoms with E-state index in [1.165, 1.54) is 0 Å². The van der Waals surface area contributed by atoms with E-state index in [2.05, 4.69) is 17.8 Å². The molecule has 0 aliphatic carbocycles.